The molecule has 1 unspecified atom stereocenters. The van der Waals surface area contributed by atoms with E-state index in [0.717, 1.165) is 19.0 Å². The fraction of sp³-hybridized carbons (Fsp3) is 1.00. The molecule has 0 radical (unpaired) electrons. The van der Waals surface area contributed by atoms with Crippen LogP contribution in [0.25, 0.3) is 0 Å². The van der Waals surface area contributed by atoms with Crippen LogP contribution < -0.4 is 0 Å². The number of hydrogen-bond acceptors (Lipinski definition) is 2. The van der Waals surface area contributed by atoms with E-state index in [1.54, 1.807) is 0 Å². The molecular weight excluding hydrogens is 188 g/mol. The molecular formula is C5H13O2PZn. The van der Waals surface area contributed by atoms with Gasteiger partial charge in [0.1, 0.15) is 0 Å². The minimum atomic E-state index is -1.64. The number of hydrogen-bond donors (Lipinski definition) is 0. The van der Waals surface area contributed by atoms with E-state index in [0.29, 0.717) is 0 Å². The Morgan fingerprint density at radius 2 is 2.11 bits per heavy atom. The number of unbranched alkanes of at least 4 members (excludes halogenated alkanes) is 1. The third-order valence-electron chi connectivity index (χ3n) is 0.962. The van der Waals surface area contributed by atoms with Crippen molar-refractivity contribution in [3.63, 3.8) is 0 Å². The molecule has 0 aromatic heterocycles. The van der Waals surface area contributed by atoms with Crippen LogP contribution in [-0.2, 0) is 28.6 Å². The molecule has 0 spiro atoms. The van der Waals surface area contributed by atoms with E-state index < -0.39 is 8.03 Å². The van der Waals surface area contributed by atoms with E-state index in [1.165, 1.54) is 7.11 Å². The third-order valence-corrected chi connectivity index (χ3v) is 2.18. The van der Waals surface area contributed by atoms with Gasteiger partial charge in [0.2, 0.25) is 0 Å². The van der Waals surface area contributed by atoms with Gasteiger partial charge in [-0.2, -0.15) is 0 Å². The summed E-state index contributed by atoms with van der Waals surface area (Å²) in [6.07, 6.45) is 2.86. The maximum absolute atomic E-state index is 10.5. The molecule has 0 rings (SSSR count). The van der Waals surface area contributed by atoms with Gasteiger partial charge >= 0.3 is 0 Å². The standard InChI is InChI=1S/C5H13O2P.Zn/c1-3-4-5-8(6)7-2;/h8H,3-5H2,1-2H3;. The first kappa shape index (κ1) is 12.5. The molecule has 0 heterocycles. The molecule has 0 aromatic carbocycles. The van der Waals surface area contributed by atoms with Crippen molar-refractivity contribution in [1.82, 2.24) is 0 Å². The van der Waals surface area contributed by atoms with E-state index >= 15 is 0 Å². The Hall–Kier alpha value is 0.813. The first-order valence-corrected chi connectivity index (χ1v) is 4.40. The van der Waals surface area contributed by atoms with Gasteiger partial charge in [0.15, 0.2) is 8.03 Å². The van der Waals surface area contributed by atoms with Crippen molar-refractivity contribution in [1.29, 1.82) is 0 Å². The average molecular weight is 202 g/mol. The van der Waals surface area contributed by atoms with Crippen LogP contribution in [0.5, 0.6) is 0 Å². The summed E-state index contributed by atoms with van der Waals surface area (Å²) in [7, 11) is -0.145. The van der Waals surface area contributed by atoms with Gasteiger partial charge in [-0.1, -0.05) is 13.3 Å². The summed E-state index contributed by atoms with van der Waals surface area (Å²) >= 11 is 0. The molecule has 0 N–H and O–H groups in total. The largest absolute Gasteiger partial charge is 0.334 e. The van der Waals surface area contributed by atoms with Crippen molar-refractivity contribution in [3.05, 3.63) is 0 Å². The van der Waals surface area contributed by atoms with Crippen LogP contribution in [0.15, 0.2) is 0 Å². The normalized spacial score (nSPS) is 12.2. The van der Waals surface area contributed by atoms with Gasteiger partial charge in [-0.15, -0.1) is 0 Å². The molecule has 0 aromatic rings. The van der Waals surface area contributed by atoms with Crippen LogP contribution in [0.2, 0.25) is 0 Å². The Morgan fingerprint density at radius 3 is 2.44 bits per heavy atom. The summed E-state index contributed by atoms with van der Waals surface area (Å²) in [5.41, 5.74) is 0. The molecule has 52 valence electrons. The van der Waals surface area contributed by atoms with E-state index in [-0.39, 0.29) is 19.5 Å². The second kappa shape index (κ2) is 8.81. The average Bonchev–Trinajstić information content (AvgIpc) is 1.83. The predicted octanol–water partition coefficient (Wildman–Crippen LogP) is 1.91. The Bertz CT molecular complexity index is 77.4. The maximum Gasteiger partial charge on any atom is 0.191 e. The fourth-order valence-electron chi connectivity index (χ4n) is 0.423. The first-order valence-electron chi connectivity index (χ1n) is 2.88. The van der Waals surface area contributed by atoms with Crippen LogP contribution in [0.1, 0.15) is 19.8 Å². The summed E-state index contributed by atoms with van der Waals surface area (Å²) in [6, 6.07) is 0. The molecule has 0 saturated heterocycles. The van der Waals surface area contributed by atoms with Gasteiger partial charge < -0.3 is 4.52 Å². The third kappa shape index (κ3) is 8.81. The molecule has 0 fully saturated rings. The van der Waals surface area contributed by atoms with Crippen LogP contribution in [-0.4, -0.2) is 13.3 Å². The Balaban J connectivity index is 0. The minimum Gasteiger partial charge on any atom is -0.334 e. The smallest absolute Gasteiger partial charge is 0.191 e. The van der Waals surface area contributed by atoms with Crippen LogP contribution in [0.3, 0.4) is 0 Å². The van der Waals surface area contributed by atoms with Crippen LogP contribution >= 0.6 is 8.03 Å². The summed E-state index contributed by atoms with van der Waals surface area (Å²) < 4.78 is 15.1. The number of rotatable bonds is 4. The van der Waals surface area contributed by atoms with Crippen molar-refractivity contribution < 1.29 is 28.6 Å². The second-order valence-corrected chi connectivity index (χ2v) is 3.33. The van der Waals surface area contributed by atoms with E-state index in [1.807, 2.05) is 0 Å². The van der Waals surface area contributed by atoms with E-state index in [4.69, 9.17) is 0 Å². The van der Waals surface area contributed by atoms with Crippen molar-refractivity contribution >= 4 is 8.03 Å². The van der Waals surface area contributed by atoms with Crippen molar-refractivity contribution in [2.24, 2.45) is 0 Å². The molecule has 0 aliphatic carbocycles. The zero-order chi connectivity index (χ0) is 6.41. The molecule has 0 amide bonds. The van der Waals surface area contributed by atoms with Gasteiger partial charge in [0, 0.05) is 32.7 Å². The van der Waals surface area contributed by atoms with Gasteiger partial charge in [-0.25, -0.2) is 0 Å². The SMILES string of the molecule is CCCC[PH](=O)OC.[Zn]. The monoisotopic (exact) mass is 200 g/mol. The molecule has 0 bridgehead atoms. The van der Waals surface area contributed by atoms with Crippen LogP contribution in [0, 0.1) is 0 Å². The second-order valence-electron chi connectivity index (χ2n) is 1.68. The summed E-state index contributed by atoms with van der Waals surface area (Å²) in [6.45, 7) is 2.07. The van der Waals surface area contributed by atoms with Gasteiger partial charge in [-0.3, -0.25) is 4.57 Å². The molecule has 0 aliphatic rings. The topological polar surface area (TPSA) is 26.3 Å². The molecule has 1 atom stereocenters. The van der Waals surface area contributed by atoms with Crippen molar-refractivity contribution in [2.75, 3.05) is 13.3 Å². The maximum atomic E-state index is 10.5. The van der Waals surface area contributed by atoms with Crippen LogP contribution in [0.4, 0.5) is 0 Å². The molecule has 2 nitrogen and oxygen atoms in total. The quantitative estimate of drug-likeness (QED) is 0.513. The van der Waals surface area contributed by atoms with E-state index in [2.05, 4.69) is 11.4 Å². The molecule has 4 heteroatoms. The Labute approximate surface area is 70.0 Å². The zero-order valence-corrected chi connectivity index (χ0v) is 10.1. The molecule has 9 heavy (non-hydrogen) atoms. The predicted molar refractivity (Wildman–Crippen MR) is 35.8 cm³/mol. The van der Waals surface area contributed by atoms with E-state index in [9.17, 15) is 4.57 Å². The Kier molecular flexibility index (Phi) is 12.2. The van der Waals surface area contributed by atoms with Crippen molar-refractivity contribution in [2.45, 2.75) is 19.8 Å². The summed E-state index contributed by atoms with van der Waals surface area (Å²) in [5, 5.41) is 0. The molecule has 0 aliphatic heterocycles. The Morgan fingerprint density at radius 1 is 1.56 bits per heavy atom. The van der Waals surface area contributed by atoms with Gasteiger partial charge in [-0.05, 0) is 6.42 Å². The zero-order valence-electron chi connectivity index (χ0n) is 6.14. The van der Waals surface area contributed by atoms with Gasteiger partial charge in [0.05, 0.1) is 0 Å². The first-order chi connectivity index (χ1) is 3.81. The van der Waals surface area contributed by atoms with Crippen molar-refractivity contribution in [3.8, 4) is 0 Å². The van der Waals surface area contributed by atoms with Gasteiger partial charge in [0.25, 0.3) is 0 Å². The minimum absolute atomic E-state index is 0. The summed E-state index contributed by atoms with van der Waals surface area (Å²) in [4.78, 5) is 0. The molecule has 0 saturated carbocycles. The summed E-state index contributed by atoms with van der Waals surface area (Å²) in [5.74, 6) is 0. The fourth-order valence-corrected chi connectivity index (χ4v) is 1.27.